The highest BCUT2D eigenvalue weighted by Gasteiger charge is 2.60. The lowest BCUT2D eigenvalue weighted by Gasteiger charge is -2.32. The van der Waals surface area contributed by atoms with Gasteiger partial charge in [-0.05, 0) is 32.9 Å². The van der Waals surface area contributed by atoms with Crippen LogP contribution in [0.25, 0.3) is 0 Å². The number of H-pyrrole nitrogens is 1. The van der Waals surface area contributed by atoms with Gasteiger partial charge in [0, 0.05) is 12.3 Å². The molecule has 1 saturated heterocycles. The molecule has 0 saturated carbocycles. The number of hydrogen-bond acceptors (Lipinski definition) is 11. The number of terminal acetylenes is 1. The van der Waals surface area contributed by atoms with Crippen LogP contribution in [0.3, 0.4) is 0 Å². The summed E-state index contributed by atoms with van der Waals surface area (Å²) in [6.45, 7) is 7.03. The fourth-order valence-electron chi connectivity index (χ4n) is 3.87. The molecule has 1 aromatic carbocycles. The van der Waals surface area contributed by atoms with Crippen molar-refractivity contribution in [3.05, 3.63) is 63.4 Å². The summed E-state index contributed by atoms with van der Waals surface area (Å²) in [6, 6.07) is 7.79. The molecule has 1 aliphatic heterocycles. The van der Waals surface area contributed by atoms with Crippen LogP contribution in [0.2, 0.25) is 0 Å². The zero-order valence-corrected chi connectivity index (χ0v) is 24.6. The highest BCUT2D eigenvalue weighted by atomic mass is 31.2. The SMILES string of the molecule is C#C[C@@]1(OC(=O)C(C)C)[C@@H](COP(=O)(N[C@@H](C)C(=O)OC(C)C)Oc2ccccc2)O[C@@H](n2ccc(=O)[nH]c2=O)[C@@H]1O. The minimum atomic E-state index is -4.43. The smallest absolute Gasteiger partial charge is 0.459 e. The van der Waals surface area contributed by atoms with Gasteiger partial charge in [-0.2, -0.15) is 5.09 Å². The largest absolute Gasteiger partial charge is 0.462 e. The Morgan fingerprint density at radius 1 is 1.17 bits per heavy atom. The van der Waals surface area contributed by atoms with Crippen molar-refractivity contribution in [2.45, 2.75) is 70.8 Å². The average molecular weight is 608 g/mol. The van der Waals surface area contributed by atoms with E-state index < -0.39 is 79.6 Å². The maximum atomic E-state index is 14.0. The third-order valence-electron chi connectivity index (χ3n) is 6.01. The number of benzene rings is 1. The van der Waals surface area contributed by atoms with Gasteiger partial charge in [0.05, 0.1) is 18.6 Å². The molecule has 1 aliphatic rings. The summed E-state index contributed by atoms with van der Waals surface area (Å²) in [5, 5.41) is 13.8. The van der Waals surface area contributed by atoms with Crippen LogP contribution in [0.4, 0.5) is 0 Å². The van der Waals surface area contributed by atoms with Gasteiger partial charge in [-0.15, -0.1) is 6.42 Å². The van der Waals surface area contributed by atoms with Crippen molar-refractivity contribution in [2.24, 2.45) is 5.92 Å². The number of esters is 2. The first kappa shape index (κ1) is 32.8. The zero-order chi connectivity index (χ0) is 31.2. The minimum absolute atomic E-state index is 0.122. The number of hydrogen-bond donors (Lipinski definition) is 3. The van der Waals surface area contributed by atoms with Crippen molar-refractivity contribution in [1.82, 2.24) is 14.6 Å². The van der Waals surface area contributed by atoms with Crippen molar-refractivity contribution < 1.29 is 42.5 Å². The summed E-state index contributed by atoms with van der Waals surface area (Å²) in [7, 11) is -4.43. The highest BCUT2D eigenvalue weighted by Crippen LogP contribution is 2.47. The first-order valence-corrected chi connectivity index (χ1v) is 14.6. The standard InChI is InChI=1S/C27H34N3O11P/c1-7-27(40-24(33)16(2)3)20(39-23(22(27)32)30-14-13-21(31)28-26(30)35)15-37-42(36,41-19-11-9-8-10-12-19)29-18(6)25(34)38-17(4)5/h1,8-14,16-18,20,22-23,32H,15H2,2-6H3,(H,29,36)(H,28,31,35)/t18-,20+,22-,23+,27+,42?/m0/s1. The van der Waals surface area contributed by atoms with Crippen molar-refractivity contribution in [1.29, 1.82) is 0 Å². The molecule has 6 atom stereocenters. The number of aliphatic hydroxyl groups excluding tert-OH is 1. The van der Waals surface area contributed by atoms with E-state index >= 15 is 0 Å². The fraction of sp³-hybridized carbons (Fsp3) is 0.481. The number of aromatic amines is 1. The molecule has 1 fully saturated rings. The summed E-state index contributed by atoms with van der Waals surface area (Å²) in [5.74, 6) is 0.152. The van der Waals surface area contributed by atoms with Gasteiger partial charge in [0.15, 0.2) is 12.3 Å². The molecule has 42 heavy (non-hydrogen) atoms. The Balaban J connectivity index is 1.98. The Morgan fingerprint density at radius 3 is 2.40 bits per heavy atom. The molecule has 2 aromatic rings. The number of nitrogens with zero attached hydrogens (tertiary/aromatic N) is 1. The summed E-state index contributed by atoms with van der Waals surface area (Å²) in [5.41, 5.74) is -3.87. The van der Waals surface area contributed by atoms with Crippen LogP contribution < -0.4 is 20.9 Å². The third kappa shape index (κ3) is 7.56. The molecule has 0 bridgehead atoms. The molecule has 15 heteroatoms. The number of carbonyl (C=O) groups is 2. The molecule has 0 spiro atoms. The summed E-state index contributed by atoms with van der Waals surface area (Å²) < 4.78 is 42.7. The highest BCUT2D eigenvalue weighted by molar-refractivity contribution is 7.52. The number of aromatic nitrogens is 2. The lowest BCUT2D eigenvalue weighted by molar-refractivity contribution is -0.170. The topological polar surface area (TPSA) is 184 Å². The summed E-state index contributed by atoms with van der Waals surface area (Å²) >= 11 is 0. The molecule has 3 N–H and O–H groups in total. The molecular weight excluding hydrogens is 573 g/mol. The van der Waals surface area contributed by atoms with E-state index in [0.29, 0.717) is 0 Å². The zero-order valence-electron chi connectivity index (χ0n) is 23.7. The van der Waals surface area contributed by atoms with Crippen molar-refractivity contribution in [3.63, 3.8) is 0 Å². The second-order valence-corrected chi connectivity index (χ2v) is 11.7. The molecule has 2 heterocycles. The van der Waals surface area contributed by atoms with Crippen LogP contribution in [-0.4, -0.2) is 63.2 Å². The second-order valence-electron chi connectivity index (χ2n) is 10.0. The van der Waals surface area contributed by atoms with E-state index in [9.17, 15) is 28.8 Å². The number of aliphatic hydroxyl groups is 1. The molecule has 0 aliphatic carbocycles. The Bertz CT molecular complexity index is 1470. The molecular formula is C27H34N3O11P. The second kappa shape index (κ2) is 13.5. The Kier molecular flexibility index (Phi) is 10.5. The fourth-order valence-corrected chi connectivity index (χ4v) is 5.36. The van der Waals surface area contributed by atoms with Crippen LogP contribution in [0, 0.1) is 18.3 Å². The van der Waals surface area contributed by atoms with Gasteiger partial charge in [0.1, 0.15) is 17.9 Å². The number of ether oxygens (including phenoxy) is 3. The van der Waals surface area contributed by atoms with Gasteiger partial charge in [0.2, 0.25) is 5.60 Å². The molecule has 0 radical (unpaired) electrons. The van der Waals surface area contributed by atoms with Crippen molar-refractivity contribution >= 4 is 19.7 Å². The van der Waals surface area contributed by atoms with Gasteiger partial charge in [-0.3, -0.25) is 28.5 Å². The first-order valence-electron chi connectivity index (χ1n) is 13.0. The quantitative estimate of drug-likeness (QED) is 0.180. The van der Waals surface area contributed by atoms with E-state index in [1.807, 2.05) is 4.98 Å². The van der Waals surface area contributed by atoms with E-state index in [-0.39, 0.29) is 5.75 Å². The maximum absolute atomic E-state index is 14.0. The van der Waals surface area contributed by atoms with Gasteiger partial charge in [-0.1, -0.05) is 38.0 Å². The van der Waals surface area contributed by atoms with Crippen molar-refractivity contribution in [2.75, 3.05) is 6.61 Å². The minimum Gasteiger partial charge on any atom is -0.462 e. The van der Waals surface area contributed by atoms with Crippen LogP contribution in [-0.2, 0) is 32.9 Å². The third-order valence-corrected chi connectivity index (χ3v) is 7.65. The molecule has 14 nitrogen and oxygen atoms in total. The molecule has 228 valence electrons. The maximum Gasteiger partial charge on any atom is 0.459 e. The predicted octanol–water partition coefficient (Wildman–Crippen LogP) is 1.50. The van der Waals surface area contributed by atoms with Crippen LogP contribution in [0.5, 0.6) is 5.75 Å². The number of para-hydroxylation sites is 1. The molecule has 0 amide bonds. The number of nitrogens with one attached hydrogen (secondary N) is 2. The Labute approximate surface area is 241 Å². The molecule has 3 rings (SSSR count). The van der Waals surface area contributed by atoms with Crippen LogP contribution >= 0.6 is 7.75 Å². The van der Waals surface area contributed by atoms with Gasteiger partial charge in [-0.25, -0.2) is 9.36 Å². The van der Waals surface area contributed by atoms with Gasteiger partial charge >= 0.3 is 25.4 Å². The van der Waals surface area contributed by atoms with Gasteiger partial charge < -0.3 is 23.8 Å². The van der Waals surface area contributed by atoms with E-state index in [1.165, 1.54) is 32.9 Å². The van der Waals surface area contributed by atoms with Gasteiger partial charge in [0.25, 0.3) is 5.56 Å². The Morgan fingerprint density at radius 2 is 1.83 bits per heavy atom. The Hall–Kier alpha value is -3.73. The monoisotopic (exact) mass is 607 g/mol. The normalized spacial score (nSPS) is 24.0. The summed E-state index contributed by atoms with van der Waals surface area (Å²) in [4.78, 5) is 51.3. The molecule has 1 unspecified atom stereocenters. The predicted molar refractivity (Wildman–Crippen MR) is 148 cm³/mol. The molecule has 1 aromatic heterocycles. The van der Waals surface area contributed by atoms with Crippen molar-refractivity contribution in [3.8, 4) is 18.1 Å². The number of rotatable bonds is 12. The lowest BCUT2D eigenvalue weighted by atomic mass is 9.92. The van der Waals surface area contributed by atoms with Crippen LogP contribution in [0.15, 0.2) is 52.2 Å². The van der Waals surface area contributed by atoms with E-state index in [1.54, 1.807) is 32.0 Å². The summed E-state index contributed by atoms with van der Waals surface area (Å²) in [6.07, 6.45) is 1.48. The lowest BCUT2D eigenvalue weighted by Crippen LogP contribution is -2.52. The first-order chi connectivity index (χ1) is 19.7. The van der Waals surface area contributed by atoms with E-state index in [4.69, 9.17) is 29.7 Å². The van der Waals surface area contributed by atoms with Crippen LogP contribution in [0.1, 0.15) is 40.8 Å². The van der Waals surface area contributed by atoms with E-state index in [0.717, 1.165) is 16.8 Å². The van der Waals surface area contributed by atoms with E-state index in [2.05, 4.69) is 11.0 Å². The average Bonchev–Trinajstić information content (AvgIpc) is 3.18. The number of carbonyl (C=O) groups excluding carboxylic acids is 2.